The summed E-state index contributed by atoms with van der Waals surface area (Å²) in [4.78, 5) is 14.6. The first kappa shape index (κ1) is 14.4. The monoisotopic (exact) mass is 295 g/mol. The molecule has 0 aliphatic heterocycles. The third-order valence-corrected chi connectivity index (χ3v) is 3.50. The molecule has 0 saturated carbocycles. The fourth-order valence-corrected chi connectivity index (χ4v) is 2.56. The van der Waals surface area contributed by atoms with Gasteiger partial charge in [0.15, 0.2) is 5.76 Å². The van der Waals surface area contributed by atoms with Crippen LogP contribution in [0.2, 0.25) is 0 Å². The van der Waals surface area contributed by atoms with E-state index < -0.39 is 5.43 Å². The highest BCUT2D eigenvalue weighted by Gasteiger charge is 2.17. The molecule has 1 N–H and O–H groups in total. The molecule has 3 aromatic rings. The first-order valence-corrected chi connectivity index (χ1v) is 7.05. The highest BCUT2D eigenvalue weighted by atomic mass is 16.4. The number of fused-ring (bicyclic) bond motifs is 1. The van der Waals surface area contributed by atoms with E-state index in [0.29, 0.717) is 23.1 Å². The number of hydrogen-bond donors (Lipinski definition) is 1. The largest absolute Gasteiger partial charge is 0.502 e. The molecule has 2 aromatic carbocycles. The third-order valence-electron chi connectivity index (χ3n) is 3.50. The molecule has 0 aliphatic carbocycles. The molecule has 0 bridgehead atoms. The molecule has 4 heteroatoms. The molecule has 0 amide bonds. The number of benzene rings is 2. The number of aromatic hydroxyl groups is 1. The minimum absolute atomic E-state index is 0.208. The molecule has 1 heterocycles. The van der Waals surface area contributed by atoms with Gasteiger partial charge in [-0.25, -0.2) is 0 Å². The summed E-state index contributed by atoms with van der Waals surface area (Å²) in [6, 6.07) is 14.6. The molecule has 0 atom stereocenters. The second-order valence-corrected chi connectivity index (χ2v) is 5.50. The highest BCUT2D eigenvalue weighted by Crippen LogP contribution is 2.30. The van der Waals surface area contributed by atoms with Gasteiger partial charge >= 0.3 is 0 Å². The summed E-state index contributed by atoms with van der Waals surface area (Å²) in [6.45, 7) is 0.603. The van der Waals surface area contributed by atoms with Crippen LogP contribution in [0.3, 0.4) is 0 Å². The van der Waals surface area contributed by atoms with E-state index in [2.05, 4.69) is 0 Å². The van der Waals surface area contributed by atoms with Crippen LogP contribution in [0.5, 0.6) is 5.75 Å². The van der Waals surface area contributed by atoms with Crippen molar-refractivity contribution >= 4 is 11.0 Å². The van der Waals surface area contributed by atoms with Crippen molar-refractivity contribution in [3.05, 3.63) is 64.3 Å². The predicted octanol–water partition coefficient (Wildman–Crippen LogP) is 3.23. The molecule has 0 aliphatic rings. The van der Waals surface area contributed by atoms with E-state index in [1.54, 1.807) is 18.2 Å². The topological polar surface area (TPSA) is 53.7 Å². The van der Waals surface area contributed by atoms with Crippen LogP contribution < -0.4 is 5.43 Å². The molecular formula is C18H17NO3. The molecule has 0 radical (unpaired) electrons. The van der Waals surface area contributed by atoms with E-state index in [1.165, 1.54) is 0 Å². The fourth-order valence-electron chi connectivity index (χ4n) is 2.56. The Morgan fingerprint density at radius 2 is 1.77 bits per heavy atom. The third kappa shape index (κ3) is 2.49. The molecule has 112 valence electrons. The standard InChI is InChI=1S/C18H17NO3/c1-19(2)11-13-9-6-10-14-15(13)16(20)17(21)18(22-14)12-7-4-3-5-8-12/h3-10,21H,11H2,1-2H3. The zero-order chi connectivity index (χ0) is 15.7. The normalized spacial score (nSPS) is 11.2. The van der Waals surface area contributed by atoms with Gasteiger partial charge in [0.25, 0.3) is 0 Å². The van der Waals surface area contributed by atoms with Gasteiger partial charge in [0.1, 0.15) is 5.58 Å². The summed E-state index contributed by atoms with van der Waals surface area (Å²) >= 11 is 0. The molecule has 4 nitrogen and oxygen atoms in total. The molecule has 0 fully saturated rings. The Kier molecular flexibility index (Phi) is 3.69. The van der Waals surface area contributed by atoms with Gasteiger partial charge in [0.2, 0.25) is 11.2 Å². The molecule has 3 rings (SSSR count). The maximum atomic E-state index is 12.6. The van der Waals surface area contributed by atoms with E-state index >= 15 is 0 Å². The zero-order valence-corrected chi connectivity index (χ0v) is 12.5. The van der Waals surface area contributed by atoms with Gasteiger partial charge in [-0.3, -0.25) is 4.79 Å². The lowest BCUT2D eigenvalue weighted by atomic mass is 10.1. The van der Waals surface area contributed by atoms with Gasteiger partial charge in [0, 0.05) is 12.1 Å². The number of nitrogens with zero attached hydrogens (tertiary/aromatic N) is 1. The Labute approximate surface area is 128 Å². The maximum Gasteiger partial charge on any atom is 0.235 e. The summed E-state index contributed by atoms with van der Waals surface area (Å²) in [5.74, 6) is -0.134. The summed E-state index contributed by atoms with van der Waals surface area (Å²) in [5.41, 5.74) is 1.61. The minimum atomic E-state index is -0.391. The van der Waals surface area contributed by atoms with Crippen LogP contribution in [0.15, 0.2) is 57.7 Å². The summed E-state index contributed by atoms with van der Waals surface area (Å²) in [7, 11) is 3.86. The molecule has 1 aromatic heterocycles. The van der Waals surface area contributed by atoms with Gasteiger partial charge in [-0.2, -0.15) is 0 Å². The zero-order valence-electron chi connectivity index (χ0n) is 12.5. The van der Waals surface area contributed by atoms with E-state index in [9.17, 15) is 9.90 Å². The van der Waals surface area contributed by atoms with Crippen LogP contribution >= 0.6 is 0 Å². The van der Waals surface area contributed by atoms with Crippen molar-refractivity contribution in [2.45, 2.75) is 6.54 Å². The van der Waals surface area contributed by atoms with Crippen molar-refractivity contribution in [3.8, 4) is 17.1 Å². The fraction of sp³-hybridized carbons (Fsp3) is 0.167. The van der Waals surface area contributed by atoms with Crippen LogP contribution in [0, 0.1) is 0 Å². The smallest absolute Gasteiger partial charge is 0.235 e. The molecular weight excluding hydrogens is 278 g/mol. The summed E-state index contributed by atoms with van der Waals surface area (Å²) in [5, 5.41) is 10.7. The van der Waals surface area contributed by atoms with Crippen LogP contribution in [0.4, 0.5) is 0 Å². The average Bonchev–Trinajstić information content (AvgIpc) is 2.51. The first-order chi connectivity index (χ1) is 10.6. The van der Waals surface area contributed by atoms with Crippen molar-refractivity contribution in [2.24, 2.45) is 0 Å². The van der Waals surface area contributed by atoms with Crippen molar-refractivity contribution in [2.75, 3.05) is 14.1 Å². The molecule has 22 heavy (non-hydrogen) atoms. The number of rotatable bonds is 3. The van der Waals surface area contributed by atoms with Gasteiger partial charge in [0.05, 0.1) is 5.39 Å². The minimum Gasteiger partial charge on any atom is -0.502 e. The van der Waals surface area contributed by atoms with Gasteiger partial charge in [-0.1, -0.05) is 42.5 Å². The van der Waals surface area contributed by atoms with Gasteiger partial charge in [-0.15, -0.1) is 0 Å². The number of hydrogen-bond acceptors (Lipinski definition) is 4. The summed E-state index contributed by atoms with van der Waals surface area (Å²) in [6.07, 6.45) is 0. The highest BCUT2D eigenvalue weighted by molar-refractivity contribution is 5.84. The van der Waals surface area contributed by atoms with Gasteiger partial charge < -0.3 is 14.4 Å². The quantitative estimate of drug-likeness (QED) is 0.806. The lowest BCUT2D eigenvalue weighted by Crippen LogP contribution is -2.14. The van der Waals surface area contributed by atoms with Crippen molar-refractivity contribution in [1.82, 2.24) is 4.90 Å². The SMILES string of the molecule is CN(C)Cc1cccc2oc(-c3ccccc3)c(O)c(=O)c12. The Hall–Kier alpha value is -2.59. The van der Waals surface area contributed by atoms with Crippen LogP contribution in [-0.2, 0) is 6.54 Å². The Morgan fingerprint density at radius 1 is 1.05 bits per heavy atom. The van der Waals surface area contributed by atoms with Gasteiger partial charge in [-0.05, 0) is 25.7 Å². The second kappa shape index (κ2) is 5.66. The van der Waals surface area contributed by atoms with Crippen molar-refractivity contribution in [3.63, 3.8) is 0 Å². The van der Waals surface area contributed by atoms with E-state index in [4.69, 9.17) is 4.42 Å². The van der Waals surface area contributed by atoms with E-state index in [1.807, 2.05) is 49.3 Å². The Morgan fingerprint density at radius 3 is 2.45 bits per heavy atom. The molecule has 0 unspecified atom stereocenters. The van der Waals surface area contributed by atoms with Crippen LogP contribution in [0.25, 0.3) is 22.3 Å². The Bertz CT molecular complexity index is 867. The lowest BCUT2D eigenvalue weighted by Gasteiger charge is -2.12. The summed E-state index contributed by atoms with van der Waals surface area (Å²) < 4.78 is 5.81. The van der Waals surface area contributed by atoms with E-state index in [-0.39, 0.29) is 11.5 Å². The maximum absolute atomic E-state index is 12.6. The van der Waals surface area contributed by atoms with E-state index in [0.717, 1.165) is 5.56 Å². The predicted molar refractivity (Wildman–Crippen MR) is 87.0 cm³/mol. The first-order valence-electron chi connectivity index (χ1n) is 7.05. The average molecular weight is 295 g/mol. The lowest BCUT2D eigenvalue weighted by molar-refractivity contribution is 0.403. The van der Waals surface area contributed by atoms with Crippen LogP contribution in [-0.4, -0.2) is 24.1 Å². The van der Waals surface area contributed by atoms with Crippen molar-refractivity contribution in [1.29, 1.82) is 0 Å². The molecule has 0 saturated heterocycles. The molecule has 0 spiro atoms. The van der Waals surface area contributed by atoms with Crippen molar-refractivity contribution < 1.29 is 9.52 Å². The second-order valence-electron chi connectivity index (χ2n) is 5.50. The Balaban J connectivity index is 2.29. The van der Waals surface area contributed by atoms with Crippen LogP contribution in [0.1, 0.15) is 5.56 Å².